The second kappa shape index (κ2) is 6.34. The Bertz CT molecular complexity index is 249. The fourth-order valence-electron chi connectivity index (χ4n) is 1.13. The highest BCUT2D eigenvalue weighted by Gasteiger charge is 2.22. The maximum atomic E-state index is 11.5. The molecule has 1 aliphatic rings. The lowest BCUT2D eigenvalue weighted by atomic mass is 9.33. The molecule has 0 bridgehead atoms. The highest BCUT2D eigenvalue weighted by molar-refractivity contribution is 14.1. The molecular weight excluding hydrogens is 289 g/mol. The first-order valence-corrected chi connectivity index (χ1v) is 6.10. The lowest BCUT2D eigenvalue weighted by Crippen LogP contribution is -2.39. The topological polar surface area (TPSA) is 38.3 Å². The second-order valence-corrected chi connectivity index (χ2v) is 4.05. The molecule has 1 heterocycles. The quantitative estimate of drug-likeness (QED) is 0.307. The first kappa shape index (κ1) is 11.9. The number of carbonyl (C=O) groups is 1. The molecule has 1 N–H and O–H groups in total. The molecule has 0 aromatic rings. The van der Waals surface area contributed by atoms with Crippen LogP contribution in [0.1, 0.15) is 0 Å². The van der Waals surface area contributed by atoms with Crippen LogP contribution < -0.4 is 5.23 Å². The molecule has 0 aromatic heterocycles. The molecule has 0 spiro atoms. The first-order valence-electron chi connectivity index (χ1n) is 4.58. The van der Waals surface area contributed by atoms with E-state index in [4.69, 9.17) is 4.74 Å². The Morgan fingerprint density at radius 3 is 3.00 bits per heavy atom. The lowest BCUT2D eigenvalue weighted by Gasteiger charge is -2.10. The Morgan fingerprint density at radius 1 is 1.64 bits per heavy atom. The van der Waals surface area contributed by atoms with Crippen LogP contribution in [-0.4, -0.2) is 37.5 Å². The van der Waals surface area contributed by atoms with Crippen LogP contribution in [0.25, 0.3) is 0 Å². The average Bonchev–Trinajstić information content (AvgIpc) is 2.66. The van der Waals surface area contributed by atoms with E-state index < -0.39 is 6.10 Å². The molecule has 72 valence electrons. The summed E-state index contributed by atoms with van der Waals surface area (Å²) < 4.78 is 5.36. The monoisotopic (exact) mass is 301 g/mol. The predicted octanol–water partition coefficient (Wildman–Crippen LogP) is -0.983. The summed E-state index contributed by atoms with van der Waals surface area (Å²) >= 11 is 2.28. The lowest BCUT2D eigenvalue weighted by molar-refractivity contribution is -0.127. The molecule has 1 rings (SSSR count). The van der Waals surface area contributed by atoms with E-state index in [2.05, 4.69) is 34.2 Å². The Kier molecular flexibility index (Phi) is 5.39. The van der Waals surface area contributed by atoms with Gasteiger partial charge in [-0.2, -0.15) is 22.4 Å². The van der Waals surface area contributed by atoms with Crippen molar-refractivity contribution in [3.8, 4) is 0 Å². The summed E-state index contributed by atoms with van der Waals surface area (Å²) in [6, 6.07) is 0. The van der Waals surface area contributed by atoms with Crippen molar-refractivity contribution in [1.82, 2.24) is 5.23 Å². The molecule has 7 heteroatoms. The highest BCUT2D eigenvalue weighted by atomic mass is 127. The van der Waals surface area contributed by atoms with Crippen LogP contribution in [0.3, 0.4) is 0 Å². The summed E-state index contributed by atoms with van der Waals surface area (Å²) in [5, 5.41) is 3.87. The number of hydrogen-bond donors (Lipinski definition) is 1. The summed E-state index contributed by atoms with van der Waals surface area (Å²) in [6.07, 6.45) is 4.73. The smallest absolute Gasteiger partial charge is 0.240 e. The van der Waals surface area contributed by atoms with Gasteiger partial charge in [-0.05, 0) is 6.08 Å². The van der Waals surface area contributed by atoms with Crippen molar-refractivity contribution in [3.63, 3.8) is 0 Å². The Hall–Kier alpha value is -0.165. The maximum Gasteiger partial charge on any atom is 0.240 e. The van der Waals surface area contributed by atoms with Crippen molar-refractivity contribution < 1.29 is 9.53 Å². The number of amides is 1. The third kappa shape index (κ3) is 3.53. The van der Waals surface area contributed by atoms with Gasteiger partial charge in [0.25, 0.3) is 0 Å². The molecule has 2 atom stereocenters. The molecule has 1 aliphatic heterocycles. The molecule has 0 aromatic carbocycles. The van der Waals surface area contributed by atoms with E-state index in [0.717, 1.165) is 12.1 Å². The van der Waals surface area contributed by atoms with Crippen LogP contribution in [0.5, 0.6) is 0 Å². The van der Waals surface area contributed by atoms with Gasteiger partial charge >= 0.3 is 0 Å². The maximum absolute atomic E-state index is 11.5. The number of carbonyl (C=O) groups excluding carboxylic acids is 1. The van der Waals surface area contributed by atoms with Crippen molar-refractivity contribution in [2.24, 2.45) is 0 Å². The number of ether oxygens (including phenoxy) is 1. The largest absolute Gasteiger partial charge is 0.408 e. The zero-order chi connectivity index (χ0) is 10.4. The Balaban J connectivity index is 2.26. The first-order chi connectivity index (χ1) is 6.77. The Labute approximate surface area is 99.3 Å². The minimum atomic E-state index is -0.438. The number of halogens is 1. The summed E-state index contributed by atoms with van der Waals surface area (Å²) in [6.45, 7) is 3.60. The van der Waals surface area contributed by atoms with Gasteiger partial charge in [-0.1, -0.05) is 12.2 Å². The molecule has 0 aliphatic carbocycles. The van der Waals surface area contributed by atoms with E-state index >= 15 is 0 Å². The van der Waals surface area contributed by atoms with E-state index in [1.165, 1.54) is 0 Å². The molecule has 14 heavy (non-hydrogen) atoms. The van der Waals surface area contributed by atoms with Crippen molar-refractivity contribution >= 4 is 47.7 Å². The molecule has 0 saturated carbocycles. The summed E-state index contributed by atoms with van der Waals surface area (Å²) in [4.78, 5) is 11.5. The van der Waals surface area contributed by atoms with Crippen LogP contribution in [-0.2, 0) is 9.53 Å². The summed E-state index contributed by atoms with van der Waals surface area (Å²) in [5.41, 5.74) is 0. The van der Waals surface area contributed by atoms with Crippen molar-refractivity contribution in [1.29, 1.82) is 0 Å². The van der Waals surface area contributed by atoms with Gasteiger partial charge in [-0.3, -0.25) is 4.79 Å². The number of rotatable bonds is 5. The number of hydrogen-bond acceptors (Lipinski definition) is 2. The van der Waals surface area contributed by atoms with Crippen LogP contribution in [0.4, 0.5) is 0 Å². The van der Waals surface area contributed by atoms with Gasteiger partial charge in [0.1, 0.15) is 0 Å². The van der Waals surface area contributed by atoms with E-state index in [-0.39, 0.29) is 12.0 Å². The molecule has 3 nitrogen and oxygen atoms in total. The zero-order valence-electron chi connectivity index (χ0n) is 7.91. The minimum Gasteiger partial charge on any atom is -0.408 e. The van der Waals surface area contributed by atoms with Crippen LogP contribution in [0, 0.1) is 0 Å². The van der Waals surface area contributed by atoms with Gasteiger partial charge in [0.05, 0.1) is 13.2 Å². The van der Waals surface area contributed by atoms with E-state index in [9.17, 15) is 4.79 Å². The molecule has 2 unspecified atom stereocenters. The van der Waals surface area contributed by atoms with Crippen molar-refractivity contribution in [2.45, 2.75) is 12.2 Å². The summed E-state index contributed by atoms with van der Waals surface area (Å²) in [7, 11) is 1.71. The number of nitrogens with one attached hydrogen (secondary N) is 1. The molecular formula is C7H11B3INO2. The fraction of sp³-hybridized carbons (Fsp3) is 0.286. The van der Waals surface area contributed by atoms with E-state index in [0.29, 0.717) is 7.31 Å². The minimum absolute atomic E-state index is 0.0598. The SMILES string of the molecule is C=CC1C=CC(C(=O)NBBBI)O1. The standard InChI is InChI=1S/C7H11B3INO2/c1-2-5-3-4-6(14-5)7(13)12-10-8-9-11/h2-6,8-10H,1H2,(H,12,13). The Morgan fingerprint density at radius 2 is 2.43 bits per heavy atom. The van der Waals surface area contributed by atoms with Crippen LogP contribution >= 0.6 is 22.4 Å². The van der Waals surface area contributed by atoms with E-state index in [1.54, 1.807) is 12.2 Å². The highest BCUT2D eigenvalue weighted by Crippen LogP contribution is 2.11. The second-order valence-electron chi connectivity index (χ2n) is 2.98. The predicted molar refractivity (Wildman–Crippen MR) is 71.6 cm³/mol. The van der Waals surface area contributed by atoms with Crippen molar-refractivity contribution in [2.75, 3.05) is 0 Å². The average molecular weight is 301 g/mol. The van der Waals surface area contributed by atoms with Gasteiger partial charge in [0, 0.05) is 0 Å². The third-order valence-electron chi connectivity index (χ3n) is 1.88. The van der Waals surface area contributed by atoms with Gasteiger partial charge in [0.2, 0.25) is 5.91 Å². The molecule has 0 saturated heterocycles. The summed E-state index contributed by atoms with van der Waals surface area (Å²) in [5.74, 6) is -0.0598. The van der Waals surface area contributed by atoms with Gasteiger partial charge < -0.3 is 9.96 Å². The van der Waals surface area contributed by atoms with Gasteiger partial charge in [-0.15, -0.1) is 6.58 Å². The third-order valence-corrected chi connectivity index (χ3v) is 2.64. The zero-order valence-corrected chi connectivity index (χ0v) is 10.1. The molecule has 0 radical (unpaired) electrons. The van der Waals surface area contributed by atoms with Crippen LogP contribution in [0.15, 0.2) is 24.8 Å². The fourth-order valence-corrected chi connectivity index (χ4v) is 1.51. The molecule has 1 amide bonds. The van der Waals surface area contributed by atoms with Gasteiger partial charge in [-0.25, -0.2) is 0 Å². The normalized spacial score (nSPS) is 24.1. The van der Waals surface area contributed by atoms with Gasteiger partial charge in [0.15, 0.2) is 18.4 Å². The van der Waals surface area contributed by atoms with Crippen LogP contribution in [0.2, 0.25) is 0 Å². The van der Waals surface area contributed by atoms with Crippen molar-refractivity contribution in [3.05, 3.63) is 24.8 Å². The van der Waals surface area contributed by atoms with E-state index in [1.807, 2.05) is 6.08 Å². The molecule has 0 fully saturated rings.